The van der Waals surface area contributed by atoms with Crippen molar-refractivity contribution in [2.24, 2.45) is 13.0 Å². The first-order valence-corrected chi connectivity index (χ1v) is 7.69. The van der Waals surface area contributed by atoms with E-state index < -0.39 is 9.84 Å². The maximum absolute atomic E-state index is 11.3. The lowest BCUT2D eigenvalue weighted by atomic mass is 10.1. The largest absolute Gasteiger partial charge is 0.312 e. The van der Waals surface area contributed by atoms with Gasteiger partial charge in [-0.05, 0) is 25.8 Å². The van der Waals surface area contributed by atoms with Crippen LogP contribution < -0.4 is 5.32 Å². The van der Waals surface area contributed by atoms with Crippen molar-refractivity contribution in [1.29, 1.82) is 0 Å². The van der Waals surface area contributed by atoms with Gasteiger partial charge in [-0.15, -0.1) is 0 Å². The molecule has 0 amide bonds. The third-order valence-electron chi connectivity index (χ3n) is 3.41. The summed E-state index contributed by atoms with van der Waals surface area (Å²) in [7, 11) is -0.832. The number of nitrogens with one attached hydrogen (secondary N) is 1. The zero-order chi connectivity index (χ0) is 12.5. The van der Waals surface area contributed by atoms with E-state index in [4.69, 9.17) is 0 Å². The zero-order valence-electron chi connectivity index (χ0n) is 10.3. The minimum absolute atomic E-state index is 0.275. The maximum Gasteiger partial charge on any atom is 0.150 e. The molecule has 1 aliphatic heterocycles. The average molecular weight is 257 g/mol. The van der Waals surface area contributed by atoms with E-state index in [9.17, 15) is 8.42 Å². The molecule has 0 bridgehead atoms. The van der Waals surface area contributed by atoms with Crippen molar-refractivity contribution in [3.63, 3.8) is 0 Å². The van der Waals surface area contributed by atoms with Crippen molar-refractivity contribution in [1.82, 2.24) is 15.1 Å². The van der Waals surface area contributed by atoms with Crippen LogP contribution in [0.5, 0.6) is 0 Å². The first kappa shape index (κ1) is 12.6. The molecule has 1 N–H and O–H groups in total. The van der Waals surface area contributed by atoms with Gasteiger partial charge in [0, 0.05) is 24.8 Å². The van der Waals surface area contributed by atoms with E-state index in [1.807, 2.05) is 24.9 Å². The highest BCUT2D eigenvalue weighted by molar-refractivity contribution is 7.91. The van der Waals surface area contributed by atoms with E-state index in [0.717, 1.165) is 25.2 Å². The molecule has 1 aromatic rings. The SMILES string of the molecule is Cc1c(CNCC2CCS(=O)(=O)C2)cnn1C. The Hall–Kier alpha value is -0.880. The van der Waals surface area contributed by atoms with Crippen LogP contribution in [0.15, 0.2) is 6.20 Å². The molecule has 2 heterocycles. The summed E-state index contributed by atoms with van der Waals surface area (Å²) in [6.45, 7) is 3.56. The van der Waals surface area contributed by atoms with Gasteiger partial charge in [-0.25, -0.2) is 8.42 Å². The van der Waals surface area contributed by atoms with Crippen molar-refractivity contribution in [2.45, 2.75) is 19.9 Å². The predicted octanol–water partition coefficient (Wildman–Crippen LogP) is 0.253. The van der Waals surface area contributed by atoms with Crippen LogP contribution in [-0.4, -0.2) is 36.2 Å². The van der Waals surface area contributed by atoms with Gasteiger partial charge in [0.2, 0.25) is 0 Å². The summed E-state index contributed by atoms with van der Waals surface area (Å²) in [5.74, 6) is 0.967. The summed E-state index contributed by atoms with van der Waals surface area (Å²) >= 11 is 0. The van der Waals surface area contributed by atoms with Crippen LogP contribution in [0.1, 0.15) is 17.7 Å². The predicted molar refractivity (Wildman–Crippen MR) is 66.4 cm³/mol. The molecule has 0 radical (unpaired) electrons. The summed E-state index contributed by atoms with van der Waals surface area (Å²) in [6.07, 6.45) is 2.65. The first-order valence-electron chi connectivity index (χ1n) is 5.86. The molecule has 0 aliphatic carbocycles. The summed E-state index contributed by atoms with van der Waals surface area (Å²) in [5, 5.41) is 7.49. The Morgan fingerprint density at radius 1 is 1.59 bits per heavy atom. The highest BCUT2D eigenvalue weighted by Crippen LogP contribution is 2.17. The maximum atomic E-state index is 11.3. The number of hydrogen-bond donors (Lipinski definition) is 1. The van der Waals surface area contributed by atoms with Crippen LogP contribution in [0.25, 0.3) is 0 Å². The fourth-order valence-corrected chi connectivity index (χ4v) is 4.02. The summed E-state index contributed by atoms with van der Waals surface area (Å²) in [6, 6.07) is 0. The molecule has 2 rings (SSSR count). The van der Waals surface area contributed by atoms with Gasteiger partial charge in [0.05, 0.1) is 17.7 Å². The number of hydrogen-bond acceptors (Lipinski definition) is 4. The quantitative estimate of drug-likeness (QED) is 0.840. The normalized spacial score (nSPS) is 23.1. The highest BCUT2D eigenvalue weighted by Gasteiger charge is 2.27. The number of sulfone groups is 1. The highest BCUT2D eigenvalue weighted by atomic mass is 32.2. The Bertz CT molecular complexity index is 493. The molecule has 1 aliphatic rings. The molecule has 1 fully saturated rings. The minimum Gasteiger partial charge on any atom is -0.312 e. The number of nitrogens with zero attached hydrogens (tertiary/aromatic N) is 2. The molecule has 5 nitrogen and oxygen atoms in total. The van der Waals surface area contributed by atoms with Gasteiger partial charge in [-0.1, -0.05) is 0 Å². The second-order valence-electron chi connectivity index (χ2n) is 4.78. The van der Waals surface area contributed by atoms with Gasteiger partial charge in [0.1, 0.15) is 0 Å². The number of aromatic nitrogens is 2. The third-order valence-corrected chi connectivity index (χ3v) is 5.25. The van der Waals surface area contributed by atoms with Crippen molar-refractivity contribution < 1.29 is 8.42 Å². The average Bonchev–Trinajstić information content (AvgIpc) is 2.75. The summed E-state index contributed by atoms with van der Waals surface area (Å²) < 4.78 is 24.4. The summed E-state index contributed by atoms with van der Waals surface area (Å²) in [4.78, 5) is 0. The van der Waals surface area contributed by atoms with E-state index in [0.29, 0.717) is 11.5 Å². The van der Waals surface area contributed by atoms with Crippen molar-refractivity contribution in [2.75, 3.05) is 18.1 Å². The molecular formula is C11H19N3O2S. The Morgan fingerprint density at radius 2 is 2.35 bits per heavy atom. The Balaban J connectivity index is 1.79. The second kappa shape index (κ2) is 4.78. The van der Waals surface area contributed by atoms with Crippen LogP contribution in [0.3, 0.4) is 0 Å². The van der Waals surface area contributed by atoms with Crippen LogP contribution in [0.2, 0.25) is 0 Å². The van der Waals surface area contributed by atoms with Gasteiger partial charge in [-0.3, -0.25) is 4.68 Å². The van der Waals surface area contributed by atoms with Gasteiger partial charge in [0.15, 0.2) is 9.84 Å². The third kappa shape index (κ3) is 3.07. The van der Waals surface area contributed by atoms with Crippen LogP contribution in [0.4, 0.5) is 0 Å². The second-order valence-corrected chi connectivity index (χ2v) is 7.01. The summed E-state index contributed by atoms with van der Waals surface area (Å²) in [5.41, 5.74) is 2.32. The lowest BCUT2D eigenvalue weighted by molar-refractivity contribution is 0.520. The monoisotopic (exact) mass is 257 g/mol. The molecule has 0 saturated carbocycles. The van der Waals surface area contributed by atoms with E-state index in [-0.39, 0.29) is 5.92 Å². The standard InChI is InChI=1S/C11H19N3O2S/c1-9-11(7-13-14(9)2)6-12-5-10-3-4-17(15,16)8-10/h7,10,12H,3-6,8H2,1-2H3. The lowest BCUT2D eigenvalue weighted by Crippen LogP contribution is -2.23. The number of rotatable bonds is 4. The fraction of sp³-hybridized carbons (Fsp3) is 0.727. The molecule has 0 aromatic carbocycles. The van der Waals surface area contributed by atoms with E-state index in [1.165, 1.54) is 5.56 Å². The molecule has 1 atom stereocenters. The molecule has 6 heteroatoms. The zero-order valence-corrected chi connectivity index (χ0v) is 11.1. The molecule has 0 spiro atoms. The van der Waals surface area contributed by atoms with Gasteiger partial charge >= 0.3 is 0 Å². The van der Waals surface area contributed by atoms with E-state index in [2.05, 4.69) is 10.4 Å². The van der Waals surface area contributed by atoms with Gasteiger partial charge in [0.25, 0.3) is 0 Å². The van der Waals surface area contributed by atoms with Crippen LogP contribution >= 0.6 is 0 Å². The van der Waals surface area contributed by atoms with E-state index >= 15 is 0 Å². The Morgan fingerprint density at radius 3 is 2.88 bits per heavy atom. The Labute approximate surface area is 102 Å². The molecule has 1 saturated heterocycles. The topological polar surface area (TPSA) is 64.0 Å². The molecule has 17 heavy (non-hydrogen) atoms. The molecule has 1 unspecified atom stereocenters. The van der Waals surface area contributed by atoms with Crippen molar-refractivity contribution >= 4 is 9.84 Å². The smallest absolute Gasteiger partial charge is 0.150 e. The van der Waals surface area contributed by atoms with Crippen LogP contribution in [0, 0.1) is 12.8 Å². The molecule has 96 valence electrons. The lowest BCUT2D eigenvalue weighted by Gasteiger charge is -2.09. The van der Waals surface area contributed by atoms with Crippen molar-refractivity contribution in [3.8, 4) is 0 Å². The van der Waals surface area contributed by atoms with Gasteiger partial charge < -0.3 is 5.32 Å². The molecular weight excluding hydrogens is 238 g/mol. The Kier molecular flexibility index (Phi) is 3.53. The number of aryl methyl sites for hydroxylation is 1. The fourth-order valence-electron chi connectivity index (χ4n) is 2.16. The minimum atomic E-state index is -2.75. The molecule has 1 aromatic heterocycles. The van der Waals surface area contributed by atoms with Crippen LogP contribution in [-0.2, 0) is 23.4 Å². The van der Waals surface area contributed by atoms with E-state index in [1.54, 1.807) is 0 Å². The van der Waals surface area contributed by atoms with Crippen molar-refractivity contribution in [3.05, 3.63) is 17.5 Å². The first-order chi connectivity index (χ1) is 7.98. The van der Waals surface area contributed by atoms with Gasteiger partial charge in [-0.2, -0.15) is 5.10 Å².